The van der Waals surface area contributed by atoms with Crippen LogP contribution in [0.2, 0.25) is 0 Å². The van der Waals surface area contributed by atoms with Crippen LogP contribution in [0.25, 0.3) is 21.7 Å². The van der Waals surface area contributed by atoms with Crippen molar-refractivity contribution in [1.82, 2.24) is 14.8 Å². The maximum Gasteiger partial charge on any atom is 0.247 e. The van der Waals surface area contributed by atoms with Crippen LogP contribution in [0.5, 0.6) is 0 Å². The lowest BCUT2D eigenvalue weighted by Crippen LogP contribution is -2.43. The Labute approximate surface area is 272 Å². The van der Waals surface area contributed by atoms with Crippen molar-refractivity contribution in [1.29, 1.82) is 0 Å². The third kappa shape index (κ3) is 6.87. The van der Waals surface area contributed by atoms with Gasteiger partial charge in [-0.15, -0.1) is 11.3 Å². The number of carbonyl (C=O) groups is 4. The Balaban J connectivity index is 1.11. The van der Waals surface area contributed by atoms with Crippen molar-refractivity contribution in [2.24, 2.45) is 0 Å². The van der Waals surface area contributed by atoms with E-state index in [0.29, 0.717) is 37.3 Å². The monoisotopic (exact) mass is 635 g/mol. The highest BCUT2D eigenvalue weighted by atomic mass is 32.1. The van der Waals surface area contributed by atoms with E-state index >= 15 is 0 Å². The van der Waals surface area contributed by atoms with Crippen LogP contribution in [0.15, 0.2) is 78.9 Å². The topological polar surface area (TPSA) is 112 Å². The molecule has 3 heterocycles. The molecule has 1 aromatic heterocycles. The second kappa shape index (κ2) is 13.7. The van der Waals surface area contributed by atoms with Gasteiger partial charge < -0.3 is 20.4 Å². The second-order valence-electron chi connectivity index (χ2n) is 11.8. The molecule has 236 valence electrons. The summed E-state index contributed by atoms with van der Waals surface area (Å²) in [6.07, 6.45) is 3.23. The van der Waals surface area contributed by atoms with Gasteiger partial charge in [0.15, 0.2) is 0 Å². The molecule has 2 atom stereocenters. The molecule has 0 bridgehead atoms. The van der Waals surface area contributed by atoms with E-state index in [-0.39, 0.29) is 30.0 Å². The van der Waals surface area contributed by atoms with Crippen molar-refractivity contribution in [3.8, 4) is 21.7 Å². The van der Waals surface area contributed by atoms with Crippen LogP contribution in [-0.2, 0) is 25.6 Å². The first-order valence-electron chi connectivity index (χ1n) is 15.7. The summed E-state index contributed by atoms with van der Waals surface area (Å²) in [6, 6.07) is 24.0. The number of nitrogens with one attached hydrogen (secondary N) is 2. The first-order valence-corrected chi connectivity index (χ1v) is 16.5. The average Bonchev–Trinajstić information content (AvgIpc) is 3.82. The molecule has 46 heavy (non-hydrogen) atoms. The van der Waals surface area contributed by atoms with Gasteiger partial charge in [0, 0.05) is 37.0 Å². The van der Waals surface area contributed by atoms with E-state index < -0.39 is 12.1 Å². The van der Waals surface area contributed by atoms with Crippen LogP contribution in [0.4, 0.5) is 11.4 Å². The number of benzene rings is 3. The number of nitrogens with zero attached hydrogens (tertiary/aromatic N) is 3. The Morgan fingerprint density at radius 2 is 1.30 bits per heavy atom. The van der Waals surface area contributed by atoms with Gasteiger partial charge >= 0.3 is 0 Å². The fraction of sp³-hybridized carbons (Fsp3) is 0.306. The molecule has 0 spiro atoms. The van der Waals surface area contributed by atoms with Crippen LogP contribution in [0.3, 0.4) is 0 Å². The SMILES string of the molecule is CC(=O)N1CCCC1C(=O)Nc1ccc(-c2sc(C)nc2-c2ccc(NC(=O)C3CCCN3C(=O)Cc3ccccc3)cc2)cc1. The standard InChI is InChI=1S/C36H37N5O4S/c1-23-37-33(34(46-23)27-14-18-29(19-15-27)38-35(44)30-10-6-20-40(30)24(2)42)26-12-16-28(17-13-26)39-36(45)31-11-7-21-41(31)32(43)22-25-8-4-3-5-9-25/h3-5,8-9,12-19,30-31H,6-7,10-11,20-22H2,1-2H3,(H,38,44)(H,39,45). The molecule has 0 radical (unpaired) electrons. The molecule has 2 aliphatic heterocycles. The lowest BCUT2D eigenvalue weighted by molar-refractivity contribution is -0.136. The van der Waals surface area contributed by atoms with E-state index in [1.807, 2.05) is 85.8 Å². The Kier molecular flexibility index (Phi) is 9.25. The number of anilines is 2. The van der Waals surface area contributed by atoms with Gasteiger partial charge in [0.05, 0.1) is 22.0 Å². The van der Waals surface area contributed by atoms with Crippen molar-refractivity contribution in [2.45, 2.75) is 58.0 Å². The van der Waals surface area contributed by atoms with Crippen molar-refractivity contribution in [2.75, 3.05) is 23.7 Å². The summed E-state index contributed by atoms with van der Waals surface area (Å²) < 4.78 is 0. The van der Waals surface area contributed by atoms with E-state index in [9.17, 15) is 19.2 Å². The fourth-order valence-electron chi connectivity index (χ4n) is 6.31. The lowest BCUT2D eigenvalue weighted by Gasteiger charge is -2.24. The number of amides is 4. The Hall–Kier alpha value is -4.83. The summed E-state index contributed by atoms with van der Waals surface area (Å²) in [5, 5.41) is 6.89. The molecule has 2 fully saturated rings. The van der Waals surface area contributed by atoms with E-state index in [4.69, 9.17) is 4.98 Å². The molecule has 0 aliphatic carbocycles. The quantitative estimate of drug-likeness (QED) is 0.250. The van der Waals surface area contributed by atoms with Crippen molar-refractivity contribution in [3.05, 3.63) is 89.4 Å². The number of aryl methyl sites for hydroxylation is 1. The molecule has 10 heteroatoms. The highest BCUT2D eigenvalue weighted by Gasteiger charge is 2.34. The van der Waals surface area contributed by atoms with Crippen LogP contribution in [0.1, 0.15) is 43.2 Å². The van der Waals surface area contributed by atoms with Gasteiger partial charge in [0.2, 0.25) is 23.6 Å². The highest BCUT2D eigenvalue weighted by Crippen LogP contribution is 2.37. The largest absolute Gasteiger partial charge is 0.331 e. The van der Waals surface area contributed by atoms with Crippen LogP contribution >= 0.6 is 11.3 Å². The smallest absolute Gasteiger partial charge is 0.247 e. The van der Waals surface area contributed by atoms with Gasteiger partial charge in [0.1, 0.15) is 12.1 Å². The van der Waals surface area contributed by atoms with Gasteiger partial charge in [-0.2, -0.15) is 0 Å². The van der Waals surface area contributed by atoms with E-state index in [0.717, 1.165) is 45.1 Å². The molecule has 0 saturated carbocycles. The van der Waals surface area contributed by atoms with Gasteiger partial charge in [-0.3, -0.25) is 19.2 Å². The third-order valence-electron chi connectivity index (χ3n) is 8.61. The zero-order valence-corrected chi connectivity index (χ0v) is 26.8. The maximum absolute atomic E-state index is 13.2. The molecule has 4 aromatic rings. The summed E-state index contributed by atoms with van der Waals surface area (Å²) in [7, 11) is 0. The molecule has 6 rings (SSSR count). The Morgan fingerprint density at radius 3 is 1.89 bits per heavy atom. The molecule has 9 nitrogen and oxygen atoms in total. The number of likely N-dealkylation sites (tertiary alicyclic amines) is 2. The first kappa shape index (κ1) is 31.2. The molecule has 2 unspecified atom stereocenters. The number of hydrogen-bond donors (Lipinski definition) is 2. The molecular weight excluding hydrogens is 598 g/mol. The molecule has 3 aromatic carbocycles. The van der Waals surface area contributed by atoms with Crippen LogP contribution in [0, 0.1) is 6.92 Å². The van der Waals surface area contributed by atoms with Gasteiger partial charge in [-0.05, 0) is 68.0 Å². The van der Waals surface area contributed by atoms with Crippen LogP contribution < -0.4 is 10.6 Å². The minimum atomic E-state index is -0.484. The lowest BCUT2D eigenvalue weighted by atomic mass is 10.1. The van der Waals surface area contributed by atoms with Crippen molar-refractivity contribution in [3.63, 3.8) is 0 Å². The number of aromatic nitrogens is 1. The molecular formula is C36H37N5O4S. The number of rotatable bonds is 8. The summed E-state index contributed by atoms with van der Waals surface area (Å²) in [4.78, 5) is 60.1. The maximum atomic E-state index is 13.2. The van der Waals surface area contributed by atoms with Crippen molar-refractivity contribution >= 4 is 46.3 Å². The second-order valence-corrected chi connectivity index (χ2v) is 13.0. The van der Waals surface area contributed by atoms with E-state index in [2.05, 4.69) is 10.6 Å². The van der Waals surface area contributed by atoms with E-state index in [1.54, 1.807) is 21.1 Å². The highest BCUT2D eigenvalue weighted by molar-refractivity contribution is 7.15. The normalized spacial score (nSPS) is 17.6. The summed E-state index contributed by atoms with van der Waals surface area (Å²) in [6.45, 7) is 4.67. The minimum absolute atomic E-state index is 0.0329. The molecule has 2 aliphatic rings. The Bertz CT molecular complexity index is 1740. The van der Waals surface area contributed by atoms with Gasteiger partial charge in [-0.25, -0.2) is 4.98 Å². The number of hydrogen-bond acceptors (Lipinski definition) is 6. The summed E-state index contributed by atoms with van der Waals surface area (Å²) in [5.74, 6) is -0.454. The minimum Gasteiger partial charge on any atom is -0.331 e. The Morgan fingerprint density at radius 1 is 0.761 bits per heavy atom. The predicted molar refractivity (Wildman–Crippen MR) is 180 cm³/mol. The number of thiazole rings is 1. The summed E-state index contributed by atoms with van der Waals surface area (Å²) >= 11 is 1.59. The van der Waals surface area contributed by atoms with Crippen LogP contribution in [-0.4, -0.2) is 63.6 Å². The molecule has 2 saturated heterocycles. The zero-order valence-electron chi connectivity index (χ0n) is 26.0. The van der Waals surface area contributed by atoms with Gasteiger partial charge in [-0.1, -0.05) is 54.6 Å². The number of carbonyl (C=O) groups excluding carboxylic acids is 4. The first-order chi connectivity index (χ1) is 22.3. The van der Waals surface area contributed by atoms with Gasteiger partial charge in [0.25, 0.3) is 0 Å². The summed E-state index contributed by atoms with van der Waals surface area (Å²) in [5.41, 5.74) is 5.01. The van der Waals surface area contributed by atoms with Crippen molar-refractivity contribution < 1.29 is 19.2 Å². The molecule has 2 N–H and O–H groups in total. The fourth-order valence-corrected chi connectivity index (χ4v) is 7.26. The third-order valence-corrected chi connectivity index (χ3v) is 9.63. The zero-order chi connectivity index (χ0) is 32.2. The molecule has 4 amide bonds. The average molecular weight is 636 g/mol. The predicted octanol–water partition coefficient (Wildman–Crippen LogP) is 5.91. The van der Waals surface area contributed by atoms with E-state index in [1.165, 1.54) is 6.92 Å².